The Morgan fingerprint density at radius 1 is 1.17 bits per heavy atom. The summed E-state index contributed by atoms with van der Waals surface area (Å²) in [5.74, 6) is -2.21. The number of benzene rings is 1. The number of nitrogens with one attached hydrogen (secondary N) is 1. The molecule has 0 heterocycles. The van der Waals surface area contributed by atoms with E-state index in [0.717, 1.165) is 12.2 Å². The second-order valence-electron chi connectivity index (χ2n) is 4.68. The Morgan fingerprint density at radius 2 is 1.78 bits per heavy atom. The summed E-state index contributed by atoms with van der Waals surface area (Å²) in [7, 11) is 3.76. The molecule has 0 bridgehead atoms. The van der Waals surface area contributed by atoms with Gasteiger partial charge in [0.05, 0.1) is 5.56 Å². The van der Waals surface area contributed by atoms with E-state index in [9.17, 15) is 14.4 Å². The molecule has 0 aliphatic rings. The van der Waals surface area contributed by atoms with Gasteiger partial charge in [-0.1, -0.05) is 0 Å². The van der Waals surface area contributed by atoms with Crippen molar-refractivity contribution in [3.8, 4) is 0 Å². The maximum Gasteiger partial charge on any atom is 0.338 e. The molecule has 2 N–H and O–H groups in total. The fourth-order valence-electron chi connectivity index (χ4n) is 1.42. The number of carboxylic acids is 1. The zero-order chi connectivity index (χ0) is 16.5. The first-order chi connectivity index (χ1) is 10.4. The van der Waals surface area contributed by atoms with E-state index in [4.69, 9.17) is 9.84 Å². The summed E-state index contributed by atoms with van der Waals surface area (Å²) < 4.78 is 5.08. The number of esters is 1. The van der Waals surface area contributed by atoms with Crippen molar-refractivity contribution in [2.75, 3.05) is 32.6 Å². The van der Waals surface area contributed by atoms with Crippen molar-refractivity contribution < 1.29 is 24.2 Å². The Morgan fingerprint density at radius 3 is 2.30 bits per heavy atom. The van der Waals surface area contributed by atoms with Crippen LogP contribution in [0.5, 0.6) is 0 Å². The molecule has 0 aliphatic carbocycles. The molecule has 23 heavy (non-hydrogen) atoms. The van der Waals surface area contributed by atoms with Crippen molar-refractivity contribution in [2.24, 2.45) is 0 Å². The highest BCUT2D eigenvalue weighted by atomic mass is 35.5. The molecule has 0 atom stereocenters. The van der Waals surface area contributed by atoms with Crippen LogP contribution in [0.1, 0.15) is 10.4 Å². The average Bonchev–Trinajstić information content (AvgIpc) is 2.45. The van der Waals surface area contributed by atoms with Crippen LogP contribution in [0.3, 0.4) is 0 Å². The normalized spacial score (nSPS) is 10.2. The molecule has 126 valence electrons. The first-order valence-corrected chi connectivity index (χ1v) is 6.52. The van der Waals surface area contributed by atoms with Crippen molar-refractivity contribution in [1.29, 1.82) is 0 Å². The van der Waals surface area contributed by atoms with Gasteiger partial charge in [0, 0.05) is 24.4 Å². The summed E-state index contributed by atoms with van der Waals surface area (Å²) in [6.07, 6.45) is 1.65. The average molecular weight is 343 g/mol. The summed E-state index contributed by atoms with van der Waals surface area (Å²) in [5.41, 5.74) is 0.822. The van der Waals surface area contributed by atoms with E-state index >= 15 is 0 Å². The van der Waals surface area contributed by atoms with Gasteiger partial charge in [-0.25, -0.2) is 9.59 Å². The molecule has 0 fully saturated rings. The number of nitrogens with zero attached hydrogens (tertiary/aromatic N) is 1. The minimum Gasteiger partial charge on any atom is -0.478 e. The second kappa shape index (κ2) is 10.4. The van der Waals surface area contributed by atoms with Crippen molar-refractivity contribution in [3.05, 3.63) is 42.0 Å². The molecule has 0 spiro atoms. The van der Waals surface area contributed by atoms with E-state index in [1.165, 1.54) is 24.3 Å². The number of hydrogen-bond donors (Lipinski definition) is 2. The van der Waals surface area contributed by atoms with Crippen LogP contribution in [0.15, 0.2) is 36.4 Å². The van der Waals surface area contributed by atoms with E-state index in [1.807, 2.05) is 19.0 Å². The molecule has 7 nitrogen and oxygen atoms in total. The minimum absolute atomic E-state index is 0. The monoisotopic (exact) mass is 342 g/mol. The van der Waals surface area contributed by atoms with Gasteiger partial charge < -0.3 is 20.1 Å². The van der Waals surface area contributed by atoms with Gasteiger partial charge in [-0.3, -0.25) is 4.79 Å². The third-order valence-corrected chi connectivity index (χ3v) is 2.54. The van der Waals surface area contributed by atoms with E-state index in [2.05, 4.69) is 5.32 Å². The van der Waals surface area contributed by atoms with Gasteiger partial charge in [-0.2, -0.15) is 0 Å². The van der Waals surface area contributed by atoms with Gasteiger partial charge in [0.25, 0.3) is 0 Å². The number of amides is 1. The Balaban J connectivity index is 0.00000484. The molecule has 1 aromatic carbocycles. The largest absolute Gasteiger partial charge is 0.478 e. The molecule has 0 aromatic heterocycles. The van der Waals surface area contributed by atoms with Gasteiger partial charge in [-0.15, -0.1) is 12.4 Å². The number of likely N-dealkylation sites (N-methyl/N-ethyl adjacent to an activating group) is 1. The van der Waals surface area contributed by atoms with Gasteiger partial charge in [0.15, 0.2) is 0 Å². The highest BCUT2D eigenvalue weighted by Gasteiger charge is 2.07. The van der Waals surface area contributed by atoms with Crippen LogP contribution in [-0.4, -0.2) is 55.1 Å². The molecule has 0 saturated heterocycles. The van der Waals surface area contributed by atoms with E-state index in [1.54, 1.807) is 0 Å². The lowest BCUT2D eigenvalue weighted by molar-refractivity contribution is -0.131. The van der Waals surface area contributed by atoms with Crippen LogP contribution >= 0.6 is 12.4 Å². The van der Waals surface area contributed by atoms with Gasteiger partial charge >= 0.3 is 11.9 Å². The van der Waals surface area contributed by atoms with Gasteiger partial charge in [0.1, 0.15) is 6.61 Å². The fourth-order valence-corrected chi connectivity index (χ4v) is 1.42. The van der Waals surface area contributed by atoms with Crippen molar-refractivity contribution in [3.63, 3.8) is 0 Å². The molecule has 1 amide bonds. The van der Waals surface area contributed by atoms with Crippen molar-refractivity contribution >= 4 is 35.9 Å². The first kappa shape index (κ1) is 20.6. The predicted octanol–water partition coefficient (Wildman–Crippen LogP) is 1.41. The molecule has 8 heteroatoms. The summed E-state index contributed by atoms with van der Waals surface area (Å²) in [6.45, 7) is 0.931. The number of carbonyl (C=O) groups excluding carboxylic acids is 2. The summed E-state index contributed by atoms with van der Waals surface area (Å²) in [4.78, 5) is 35.3. The number of aliphatic carboxylic acids is 1. The summed E-state index contributed by atoms with van der Waals surface area (Å²) >= 11 is 0. The molecule has 1 aromatic rings. The topological polar surface area (TPSA) is 95.9 Å². The number of rotatable bonds is 7. The van der Waals surface area contributed by atoms with Crippen molar-refractivity contribution in [2.45, 2.75) is 0 Å². The van der Waals surface area contributed by atoms with Crippen LogP contribution < -0.4 is 5.32 Å². The van der Waals surface area contributed by atoms with Gasteiger partial charge in [-0.05, 0) is 38.4 Å². The highest BCUT2D eigenvalue weighted by molar-refractivity contribution is 6.02. The molecule has 0 unspecified atom stereocenters. The lowest BCUT2D eigenvalue weighted by Crippen LogP contribution is -2.20. The number of hydrogen-bond acceptors (Lipinski definition) is 5. The fraction of sp³-hybridized carbons (Fsp3) is 0.267. The lowest BCUT2D eigenvalue weighted by Gasteiger charge is -2.10. The zero-order valence-electron chi connectivity index (χ0n) is 12.8. The Hall–Kier alpha value is -2.38. The summed E-state index contributed by atoms with van der Waals surface area (Å²) in [5, 5.41) is 10.9. The standard InChI is InChI=1S/C15H18N2O5.ClH/c1-17(2)9-10-22-15(21)11-3-5-12(6-4-11)16-13(18)7-8-14(19)20;/h3-8H,9-10H2,1-2H3,(H,16,18)(H,19,20);1H/b8-7-;. The molecule has 0 saturated carbocycles. The molecule has 0 radical (unpaired) electrons. The maximum atomic E-state index is 11.7. The highest BCUT2D eigenvalue weighted by Crippen LogP contribution is 2.10. The second-order valence-corrected chi connectivity index (χ2v) is 4.68. The van der Waals surface area contributed by atoms with E-state index in [-0.39, 0.29) is 12.4 Å². The molecule has 1 rings (SSSR count). The predicted molar refractivity (Wildman–Crippen MR) is 87.9 cm³/mol. The Bertz CT molecular complexity index is 570. The number of carboxylic acid groups (broad SMARTS) is 1. The molecular weight excluding hydrogens is 324 g/mol. The zero-order valence-corrected chi connectivity index (χ0v) is 13.6. The van der Waals surface area contributed by atoms with Crippen LogP contribution in [0, 0.1) is 0 Å². The van der Waals surface area contributed by atoms with E-state index < -0.39 is 17.8 Å². The van der Waals surface area contributed by atoms with E-state index in [0.29, 0.717) is 24.4 Å². The minimum atomic E-state index is -1.20. The van der Waals surface area contributed by atoms with Crippen molar-refractivity contribution in [1.82, 2.24) is 4.90 Å². The first-order valence-electron chi connectivity index (χ1n) is 6.52. The Kier molecular flexibility index (Phi) is 9.29. The SMILES string of the molecule is CN(C)CCOC(=O)c1ccc(NC(=O)/C=C\C(=O)O)cc1.Cl. The quantitative estimate of drug-likeness (QED) is 0.574. The van der Waals surface area contributed by atoms with Crippen LogP contribution in [0.2, 0.25) is 0 Å². The number of carbonyl (C=O) groups is 3. The Labute approximate surface area is 140 Å². The maximum absolute atomic E-state index is 11.7. The number of halogens is 1. The van der Waals surface area contributed by atoms with Gasteiger partial charge in [0.2, 0.25) is 5.91 Å². The smallest absolute Gasteiger partial charge is 0.338 e. The van der Waals surface area contributed by atoms with Crippen LogP contribution in [-0.2, 0) is 14.3 Å². The molecule has 0 aliphatic heterocycles. The third-order valence-electron chi connectivity index (χ3n) is 2.54. The third kappa shape index (κ3) is 8.60. The van der Waals surface area contributed by atoms with Crippen LogP contribution in [0.25, 0.3) is 0 Å². The number of ether oxygens (including phenoxy) is 1. The van der Waals surface area contributed by atoms with Crippen LogP contribution in [0.4, 0.5) is 5.69 Å². The lowest BCUT2D eigenvalue weighted by atomic mass is 10.2. The molecular formula is C15H19ClN2O5. The summed E-state index contributed by atoms with van der Waals surface area (Å²) in [6, 6.07) is 6.12. The number of anilines is 1.